The van der Waals surface area contributed by atoms with Crippen molar-refractivity contribution in [2.75, 3.05) is 7.05 Å². The second-order valence-electron chi connectivity index (χ2n) is 3.02. The Kier molecular flexibility index (Phi) is 2.65. The van der Waals surface area contributed by atoms with Crippen LogP contribution in [0.5, 0.6) is 0 Å². The van der Waals surface area contributed by atoms with Gasteiger partial charge >= 0.3 is 0 Å². The third kappa shape index (κ3) is 1.74. The van der Waals surface area contributed by atoms with Crippen molar-refractivity contribution in [2.45, 2.75) is 13.0 Å². The van der Waals surface area contributed by atoms with Gasteiger partial charge in [0.05, 0.1) is 12.2 Å². The van der Waals surface area contributed by atoms with Gasteiger partial charge in [0.25, 0.3) is 0 Å². The second kappa shape index (κ2) is 3.54. The van der Waals surface area contributed by atoms with Crippen LogP contribution in [0.4, 0.5) is 0 Å². The van der Waals surface area contributed by atoms with Gasteiger partial charge < -0.3 is 5.32 Å². The van der Waals surface area contributed by atoms with Crippen LogP contribution in [0.1, 0.15) is 18.5 Å². The minimum absolute atomic E-state index is 0.221. The number of nitrogens with zero attached hydrogens (tertiary/aromatic N) is 2. The molecule has 3 nitrogen and oxygen atoms in total. The molecule has 1 heterocycles. The number of rotatable bonds is 3. The van der Waals surface area contributed by atoms with E-state index in [1.54, 1.807) is 4.68 Å². The minimum atomic E-state index is 0.221. The lowest BCUT2D eigenvalue weighted by Gasteiger charge is -2.13. The summed E-state index contributed by atoms with van der Waals surface area (Å²) in [6.07, 6.45) is 3.85. The molecule has 1 atom stereocenters. The standard InChI is InChI=1S/C9H15N3/c1-7(2)9(10-3)8-5-11-12(4)6-8/h5-6,9-10H,1H2,2-4H3. The quantitative estimate of drug-likeness (QED) is 0.683. The summed E-state index contributed by atoms with van der Waals surface area (Å²) in [7, 11) is 3.83. The molecule has 0 aromatic carbocycles. The molecule has 0 saturated carbocycles. The zero-order valence-electron chi connectivity index (χ0n) is 7.83. The topological polar surface area (TPSA) is 29.9 Å². The van der Waals surface area contributed by atoms with Crippen molar-refractivity contribution in [2.24, 2.45) is 7.05 Å². The van der Waals surface area contributed by atoms with Crippen LogP contribution in [-0.4, -0.2) is 16.8 Å². The van der Waals surface area contributed by atoms with Crippen molar-refractivity contribution < 1.29 is 0 Å². The van der Waals surface area contributed by atoms with E-state index in [4.69, 9.17) is 0 Å². The van der Waals surface area contributed by atoms with E-state index < -0.39 is 0 Å². The number of aromatic nitrogens is 2. The Morgan fingerprint density at radius 1 is 1.75 bits per heavy atom. The van der Waals surface area contributed by atoms with Crippen molar-refractivity contribution in [3.63, 3.8) is 0 Å². The maximum Gasteiger partial charge on any atom is 0.0559 e. The summed E-state index contributed by atoms with van der Waals surface area (Å²) in [4.78, 5) is 0. The van der Waals surface area contributed by atoms with E-state index in [0.29, 0.717) is 0 Å². The molecule has 66 valence electrons. The largest absolute Gasteiger partial charge is 0.310 e. The van der Waals surface area contributed by atoms with Gasteiger partial charge in [0.2, 0.25) is 0 Å². The van der Waals surface area contributed by atoms with Gasteiger partial charge in [0, 0.05) is 18.8 Å². The first-order chi connectivity index (χ1) is 5.65. The fourth-order valence-electron chi connectivity index (χ4n) is 1.29. The number of nitrogens with one attached hydrogen (secondary N) is 1. The maximum absolute atomic E-state index is 4.10. The van der Waals surface area contributed by atoms with E-state index >= 15 is 0 Å². The third-order valence-corrected chi connectivity index (χ3v) is 1.84. The van der Waals surface area contributed by atoms with E-state index in [9.17, 15) is 0 Å². The summed E-state index contributed by atoms with van der Waals surface area (Å²) in [6.45, 7) is 5.92. The summed E-state index contributed by atoms with van der Waals surface area (Å²) < 4.78 is 1.79. The van der Waals surface area contributed by atoms with Crippen molar-refractivity contribution >= 4 is 0 Å². The van der Waals surface area contributed by atoms with Crippen LogP contribution >= 0.6 is 0 Å². The molecule has 12 heavy (non-hydrogen) atoms. The summed E-state index contributed by atoms with van der Waals surface area (Å²) in [5.41, 5.74) is 2.26. The van der Waals surface area contributed by atoms with Crippen LogP contribution in [0.3, 0.4) is 0 Å². The first-order valence-corrected chi connectivity index (χ1v) is 3.96. The Morgan fingerprint density at radius 3 is 2.75 bits per heavy atom. The third-order valence-electron chi connectivity index (χ3n) is 1.84. The van der Waals surface area contributed by atoms with Gasteiger partial charge in [-0.15, -0.1) is 0 Å². The molecule has 1 aromatic rings. The summed E-state index contributed by atoms with van der Waals surface area (Å²) >= 11 is 0. The molecule has 0 spiro atoms. The van der Waals surface area contributed by atoms with Crippen LogP contribution in [0.15, 0.2) is 24.5 Å². The highest BCUT2D eigenvalue weighted by Gasteiger charge is 2.10. The SMILES string of the molecule is C=C(C)C(NC)c1cnn(C)c1. The average molecular weight is 165 g/mol. The molecule has 1 N–H and O–H groups in total. The van der Waals surface area contributed by atoms with Crippen molar-refractivity contribution in [1.82, 2.24) is 15.1 Å². The van der Waals surface area contributed by atoms with Gasteiger partial charge in [-0.3, -0.25) is 4.68 Å². The predicted octanol–water partition coefficient (Wildman–Crippen LogP) is 1.26. The molecular formula is C9H15N3. The lowest BCUT2D eigenvalue weighted by molar-refractivity contribution is 0.678. The molecule has 0 amide bonds. The summed E-state index contributed by atoms with van der Waals surface area (Å²) in [5, 5.41) is 7.28. The monoisotopic (exact) mass is 165 g/mol. The molecule has 0 saturated heterocycles. The molecule has 0 fully saturated rings. The predicted molar refractivity (Wildman–Crippen MR) is 49.8 cm³/mol. The van der Waals surface area contributed by atoms with E-state index in [1.807, 2.05) is 33.4 Å². The molecule has 0 aliphatic carbocycles. The van der Waals surface area contributed by atoms with Crippen molar-refractivity contribution in [3.05, 3.63) is 30.1 Å². The highest BCUT2D eigenvalue weighted by Crippen LogP contribution is 2.17. The number of hydrogen-bond acceptors (Lipinski definition) is 2. The van der Waals surface area contributed by atoms with Gasteiger partial charge in [-0.1, -0.05) is 12.2 Å². The lowest BCUT2D eigenvalue weighted by Crippen LogP contribution is -2.16. The molecule has 0 radical (unpaired) electrons. The second-order valence-corrected chi connectivity index (χ2v) is 3.02. The molecule has 3 heteroatoms. The van der Waals surface area contributed by atoms with Crippen LogP contribution in [-0.2, 0) is 7.05 Å². The van der Waals surface area contributed by atoms with E-state index in [-0.39, 0.29) is 6.04 Å². The first-order valence-electron chi connectivity index (χ1n) is 3.96. The average Bonchev–Trinajstić information content (AvgIpc) is 2.37. The minimum Gasteiger partial charge on any atom is -0.310 e. The lowest BCUT2D eigenvalue weighted by atomic mass is 10.1. The summed E-state index contributed by atoms with van der Waals surface area (Å²) in [6, 6.07) is 0.221. The van der Waals surface area contributed by atoms with Crippen LogP contribution in [0, 0.1) is 0 Å². The molecule has 0 aliphatic heterocycles. The highest BCUT2D eigenvalue weighted by molar-refractivity contribution is 5.20. The number of hydrogen-bond donors (Lipinski definition) is 1. The van der Waals surface area contributed by atoms with Crippen molar-refractivity contribution in [1.29, 1.82) is 0 Å². The Hall–Kier alpha value is -1.09. The maximum atomic E-state index is 4.10. The Bertz CT molecular complexity index is 275. The van der Waals surface area contributed by atoms with Gasteiger partial charge in [-0.2, -0.15) is 5.10 Å². The van der Waals surface area contributed by atoms with Gasteiger partial charge in [-0.25, -0.2) is 0 Å². The number of likely N-dealkylation sites (N-methyl/N-ethyl adjacent to an activating group) is 1. The van der Waals surface area contributed by atoms with E-state index in [1.165, 1.54) is 0 Å². The fraction of sp³-hybridized carbons (Fsp3) is 0.444. The molecule has 1 aromatic heterocycles. The molecule has 0 bridgehead atoms. The Morgan fingerprint density at radius 2 is 2.42 bits per heavy atom. The zero-order valence-corrected chi connectivity index (χ0v) is 7.83. The molecular weight excluding hydrogens is 150 g/mol. The number of aryl methyl sites for hydroxylation is 1. The van der Waals surface area contributed by atoms with Crippen LogP contribution in [0.25, 0.3) is 0 Å². The Labute approximate surface area is 73.1 Å². The normalized spacial score (nSPS) is 12.9. The van der Waals surface area contributed by atoms with Gasteiger partial charge in [0.15, 0.2) is 0 Å². The summed E-state index contributed by atoms with van der Waals surface area (Å²) in [5.74, 6) is 0. The van der Waals surface area contributed by atoms with Crippen molar-refractivity contribution in [3.8, 4) is 0 Å². The fourth-order valence-corrected chi connectivity index (χ4v) is 1.29. The first kappa shape index (κ1) is 9.00. The highest BCUT2D eigenvalue weighted by atomic mass is 15.2. The van der Waals surface area contributed by atoms with Crippen LogP contribution < -0.4 is 5.32 Å². The van der Waals surface area contributed by atoms with Crippen LogP contribution in [0.2, 0.25) is 0 Å². The van der Waals surface area contributed by atoms with E-state index in [0.717, 1.165) is 11.1 Å². The zero-order chi connectivity index (χ0) is 9.14. The molecule has 0 aliphatic rings. The smallest absolute Gasteiger partial charge is 0.0559 e. The van der Waals surface area contributed by atoms with E-state index in [2.05, 4.69) is 17.0 Å². The Balaban J connectivity index is 2.87. The molecule has 1 rings (SSSR count). The molecule has 1 unspecified atom stereocenters. The van der Waals surface area contributed by atoms with Gasteiger partial charge in [0.1, 0.15) is 0 Å². The van der Waals surface area contributed by atoms with Gasteiger partial charge in [-0.05, 0) is 14.0 Å².